The van der Waals surface area contributed by atoms with Crippen LogP contribution < -0.4 is 10.2 Å². The molecule has 1 aliphatic heterocycles. The summed E-state index contributed by atoms with van der Waals surface area (Å²) in [5.74, 6) is 0.593. The number of carbonyl (C=O) groups is 1. The number of hydrogen-bond donors (Lipinski definition) is 1. The molecule has 1 N–H and O–H groups in total. The first kappa shape index (κ1) is 19.3. The lowest BCUT2D eigenvalue weighted by Crippen LogP contribution is -2.37. The highest BCUT2D eigenvalue weighted by Gasteiger charge is 2.22. The third-order valence-electron chi connectivity index (χ3n) is 5.06. The van der Waals surface area contributed by atoms with Gasteiger partial charge in [-0.1, -0.05) is 29.8 Å². The average Bonchev–Trinajstić information content (AvgIpc) is 2.72. The first-order valence-corrected chi connectivity index (χ1v) is 9.84. The molecule has 4 rings (SSSR count). The zero-order chi connectivity index (χ0) is 20.4. The second-order valence-corrected chi connectivity index (χ2v) is 7.42. The molecule has 1 aliphatic rings. The van der Waals surface area contributed by atoms with Gasteiger partial charge in [0.15, 0.2) is 5.65 Å². The van der Waals surface area contributed by atoms with E-state index in [1.807, 2.05) is 51.1 Å². The minimum Gasteiger partial charge on any atom is -0.378 e. The number of pyridine rings is 1. The van der Waals surface area contributed by atoms with Crippen LogP contribution in [0.2, 0.25) is 0 Å². The second-order valence-electron chi connectivity index (χ2n) is 7.42. The summed E-state index contributed by atoms with van der Waals surface area (Å²) >= 11 is 0. The molecule has 0 aliphatic carbocycles. The van der Waals surface area contributed by atoms with Crippen molar-refractivity contribution < 1.29 is 9.53 Å². The number of benzene rings is 1. The number of carbonyl (C=O) groups excluding carboxylic acids is 1. The van der Waals surface area contributed by atoms with Crippen LogP contribution in [0.3, 0.4) is 0 Å². The molecule has 0 saturated carbocycles. The van der Waals surface area contributed by atoms with Crippen LogP contribution in [0.15, 0.2) is 30.3 Å². The van der Waals surface area contributed by atoms with E-state index < -0.39 is 0 Å². The molecule has 3 aromatic rings. The minimum atomic E-state index is -0.303. The zero-order valence-corrected chi connectivity index (χ0v) is 17.0. The molecule has 1 amide bonds. The topological polar surface area (TPSA) is 80.2 Å². The summed E-state index contributed by atoms with van der Waals surface area (Å²) < 4.78 is 5.48. The van der Waals surface area contributed by atoms with Gasteiger partial charge in [0, 0.05) is 25.3 Å². The van der Waals surface area contributed by atoms with E-state index >= 15 is 0 Å². The van der Waals surface area contributed by atoms with E-state index in [2.05, 4.69) is 25.2 Å². The number of aryl methyl sites for hydroxylation is 3. The molecule has 7 heteroatoms. The number of anilines is 1. The number of nitrogens with one attached hydrogen (secondary N) is 1. The summed E-state index contributed by atoms with van der Waals surface area (Å²) in [7, 11) is 0. The molecular weight excluding hydrogens is 366 g/mol. The van der Waals surface area contributed by atoms with Gasteiger partial charge in [0.2, 0.25) is 5.82 Å². The lowest BCUT2D eigenvalue weighted by molar-refractivity contribution is 0.0940. The normalized spacial score (nSPS) is 14.2. The van der Waals surface area contributed by atoms with Gasteiger partial charge in [-0.25, -0.2) is 15.0 Å². The Morgan fingerprint density at radius 2 is 1.79 bits per heavy atom. The van der Waals surface area contributed by atoms with Crippen LogP contribution >= 0.6 is 0 Å². The Hall–Kier alpha value is -3.06. The Kier molecular flexibility index (Phi) is 5.40. The van der Waals surface area contributed by atoms with Crippen molar-refractivity contribution in [3.8, 4) is 0 Å². The average molecular weight is 391 g/mol. The molecule has 1 aromatic carbocycles. The number of fused-ring (bicyclic) bond motifs is 1. The van der Waals surface area contributed by atoms with E-state index in [-0.39, 0.29) is 11.7 Å². The Balaban J connectivity index is 1.68. The standard InChI is InChI=1S/C22H25N5O2/c1-14-4-6-17(7-5-14)13-23-22(28)20-25-19-18(15(2)12-16(3)24-19)21(26-20)27-8-10-29-11-9-27/h4-7,12H,8-11,13H2,1-3H3,(H,23,28). The summed E-state index contributed by atoms with van der Waals surface area (Å²) in [6.45, 7) is 9.15. The quantitative estimate of drug-likeness (QED) is 0.737. The summed E-state index contributed by atoms with van der Waals surface area (Å²) in [6, 6.07) is 10.1. The molecule has 0 atom stereocenters. The van der Waals surface area contributed by atoms with Gasteiger partial charge in [-0.15, -0.1) is 0 Å². The molecule has 0 radical (unpaired) electrons. The molecule has 7 nitrogen and oxygen atoms in total. The van der Waals surface area contributed by atoms with E-state index in [4.69, 9.17) is 4.74 Å². The van der Waals surface area contributed by atoms with Crippen molar-refractivity contribution in [3.05, 3.63) is 58.5 Å². The van der Waals surface area contributed by atoms with E-state index in [1.54, 1.807) is 0 Å². The van der Waals surface area contributed by atoms with Gasteiger partial charge in [-0.3, -0.25) is 4.79 Å². The van der Waals surface area contributed by atoms with Gasteiger partial charge >= 0.3 is 0 Å². The van der Waals surface area contributed by atoms with Gasteiger partial charge in [0.1, 0.15) is 5.82 Å². The van der Waals surface area contributed by atoms with Gasteiger partial charge in [-0.2, -0.15) is 0 Å². The highest BCUT2D eigenvalue weighted by Crippen LogP contribution is 2.27. The molecule has 1 saturated heterocycles. The first-order valence-electron chi connectivity index (χ1n) is 9.84. The van der Waals surface area contributed by atoms with Gasteiger partial charge < -0.3 is 15.0 Å². The van der Waals surface area contributed by atoms with Crippen molar-refractivity contribution in [2.75, 3.05) is 31.2 Å². The largest absolute Gasteiger partial charge is 0.378 e. The van der Waals surface area contributed by atoms with E-state index in [1.165, 1.54) is 5.56 Å². The maximum atomic E-state index is 12.8. The fourth-order valence-corrected chi connectivity index (χ4v) is 3.53. The van der Waals surface area contributed by atoms with E-state index in [0.29, 0.717) is 25.4 Å². The van der Waals surface area contributed by atoms with Crippen LogP contribution in [0.1, 0.15) is 33.0 Å². The molecule has 29 heavy (non-hydrogen) atoms. The fraction of sp³-hybridized carbons (Fsp3) is 0.364. The maximum Gasteiger partial charge on any atom is 0.289 e. The fourth-order valence-electron chi connectivity index (χ4n) is 3.53. The number of hydrogen-bond acceptors (Lipinski definition) is 6. The smallest absolute Gasteiger partial charge is 0.289 e. The van der Waals surface area contributed by atoms with Crippen molar-refractivity contribution in [3.63, 3.8) is 0 Å². The Morgan fingerprint density at radius 3 is 2.52 bits per heavy atom. The molecule has 0 spiro atoms. The molecule has 2 aromatic heterocycles. The van der Waals surface area contributed by atoms with Crippen LogP contribution in [0.4, 0.5) is 5.82 Å². The number of morpholine rings is 1. The Labute approximate surface area is 170 Å². The third-order valence-corrected chi connectivity index (χ3v) is 5.06. The molecule has 3 heterocycles. The lowest BCUT2D eigenvalue weighted by Gasteiger charge is -2.29. The van der Waals surface area contributed by atoms with Crippen molar-refractivity contribution >= 4 is 22.8 Å². The van der Waals surface area contributed by atoms with Crippen molar-refractivity contribution in [1.82, 2.24) is 20.3 Å². The highest BCUT2D eigenvalue weighted by molar-refractivity contribution is 5.96. The zero-order valence-electron chi connectivity index (χ0n) is 17.0. The summed E-state index contributed by atoms with van der Waals surface area (Å²) in [5.41, 5.74) is 4.69. The van der Waals surface area contributed by atoms with Crippen LogP contribution in [0.5, 0.6) is 0 Å². The Bertz CT molecular complexity index is 1040. The van der Waals surface area contributed by atoms with Crippen molar-refractivity contribution in [2.45, 2.75) is 27.3 Å². The summed E-state index contributed by atoms with van der Waals surface area (Å²) in [6.07, 6.45) is 0. The van der Waals surface area contributed by atoms with Gasteiger partial charge in [-0.05, 0) is 38.0 Å². The van der Waals surface area contributed by atoms with Crippen LogP contribution in [0, 0.1) is 20.8 Å². The van der Waals surface area contributed by atoms with Gasteiger partial charge in [0.05, 0.1) is 18.6 Å². The molecular formula is C22H25N5O2. The molecule has 150 valence electrons. The van der Waals surface area contributed by atoms with E-state index in [0.717, 1.165) is 41.1 Å². The maximum absolute atomic E-state index is 12.8. The predicted octanol–water partition coefficient (Wildman–Crippen LogP) is 2.72. The Morgan fingerprint density at radius 1 is 1.07 bits per heavy atom. The number of aromatic nitrogens is 3. The first-order chi connectivity index (χ1) is 14.0. The number of ether oxygens (including phenoxy) is 1. The SMILES string of the molecule is Cc1ccc(CNC(=O)c2nc(N3CCOCC3)c3c(C)cc(C)nc3n2)cc1. The molecule has 1 fully saturated rings. The van der Waals surface area contributed by atoms with E-state index in [9.17, 15) is 4.79 Å². The minimum absolute atomic E-state index is 0.142. The molecule has 0 unspecified atom stereocenters. The lowest BCUT2D eigenvalue weighted by atomic mass is 10.1. The summed E-state index contributed by atoms with van der Waals surface area (Å²) in [4.78, 5) is 28.7. The summed E-state index contributed by atoms with van der Waals surface area (Å²) in [5, 5.41) is 3.82. The van der Waals surface area contributed by atoms with Crippen molar-refractivity contribution in [2.24, 2.45) is 0 Å². The number of rotatable bonds is 4. The van der Waals surface area contributed by atoms with Crippen LogP contribution in [-0.4, -0.2) is 47.2 Å². The second kappa shape index (κ2) is 8.13. The molecule has 0 bridgehead atoms. The highest BCUT2D eigenvalue weighted by atomic mass is 16.5. The van der Waals surface area contributed by atoms with Crippen LogP contribution in [0.25, 0.3) is 11.0 Å². The monoisotopic (exact) mass is 391 g/mol. The number of nitrogens with zero attached hydrogens (tertiary/aromatic N) is 4. The van der Waals surface area contributed by atoms with Crippen molar-refractivity contribution in [1.29, 1.82) is 0 Å². The third kappa shape index (κ3) is 4.19. The number of amides is 1. The van der Waals surface area contributed by atoms with Gasteiger partial charge in [0.25, 0.3) is 5.91 Å². The predicted molar refractivity (Wildman–Crippen MR) is 112 cm³/mol. The van der Waals surface area contributed by atoms with Crippen LogP contribution in [-0.2, 0) is 11.3 Å².